The molecule has 1 rings (SSSR count). The zero-order valence-electron chi connectivity index (χ0n) is 11.7. The molecule has 0 aromatic heterocycles. The maximum atomic E-state index is 12.6. The molecule has 0 aliphatic rings. The third kappa shape index (κ3) is 4.42. The molecule has 0 aliphatic heterocycles. The molecule has 0 spiro atoms. The third-order valence-electron chi connectivity index (χ3n) is 2.98. The van der Waals surface area contributed by atoms with Crippen molar-refractivity contribution in [3.8, 4) is 5.75 Å². The van der Waals surface area contributed by atoms with Crippen molar-refractivity contribution in [1.29, 1.82) is 0 Å². The van der Waals surface area contributed by atoms with Crippen LogP contribution in [-0.4, -0.2) is 19.8 Å². The highest BCUT2D eigenvalue weighted by atomic mass is 19.4. The molecule has 0 saturated heterocycles. The van der Waals surface area contributed by atoms with Gasteiger partial charge in [0.1, 0.15) is 5.75 Å². The van der Waals surface area contributed by atoms with Gasteiger partial charge < -0.3 is 10.1 Å². The van der Waals surface area contributed by atoms with Crippen LogP contribution in [0.1, 0.15) is 36.1 Å². The Morgan fingerprint density at radius 2 is 1.74 bits per heavy atom. The van der Waals surface area contributed by atoms with Crippen molar-refractivity contribution in [2.75, 3.05) is 13.7 Å². The molecule has 0 radical (unpaired) electrons. The highest BCUT2D eigenvalue weighted by Gasteiger charge is 2.32. The molecular formula is C14H20F3NO. The average molecular weight is 275 g/mol. The largest absolute Gasteiger partial charge is 0.496 e. The first-order chi connectivity index (χ1) is 8.78. The minimum Gasteiger partial charge on any atom is -0.496 e. The molecule has 1 atom stereocenters. The Kier molecular flexibility index (Phi) is 5.23. The fourth-order valence-corrected chi connectivity index (χ4v) is 2.29. The maximum Gasteiger partial charge on any atom is 0.390 e. The van der Waals surface area contributed by atoms with Crippen LogP contribution in [-0.2, 0) is 0 Å². The highest BCUT2D eigenvalue weighted by Crippen LogP contribution is 2.33. The number of hydrogen-bond donors (Lipinski definition) is 1. The molecule has 108 valence electrons. The van der Waals surface area contributed by atoms with Crippen LogP contribution in [0.4, 0.5) is 13.2 Å². The van der Waals surface area contributed by atoms with Gasteiger partial charge in [0.2, 0.25) is 0 Å². The van der Waals surface area contributed by atoms with Gasteiger partial charge in [0.25, 0.3) is 0 Å². The van der Waals surface area contributed by atoms with Crippen molar-refractivity contribution in [2.45, 2.75) is 39.4 Å². The molecule has 0 amide bonds. The van der Waals surface area contributed by atoms with Gasteiger partial charge in [0.15, 0.2) is 0 Å². The van der Waals surface area contributed by atoms with Gasteiger partial charge in [0, 0.05) is 6.04 Å². The second-order valence-corrected chi connectivity index (χ2v) is 4.62. The van der Waals surface area contributed by atoms with E-state index >= 15 is 0 Å². The molecule has 1 unspecified atom stereocenters. The molecule has 0 bridgehead atoms. The van der Waals surface area contributed by atoms with E-state index in [4.69, 9.17) is 4.74 Å². The fraction of sp³-hybridized carbons (Fsp3) is 0.571. The van der Waals surface area contributed by atoms with Gasteiger partial charge in [-0.15, -0.1) is 0 Å². The molecule has 1 N–H and O–H groups in total. The van der Waals surface area contributed by atoms with Crippen LogP contribution in [0.2, 0.25) is 0 Å². The number of methoxy groups -OCH3 is 1. The number of benzene rings is 1. The summed E-state index contributed by atoms with van der Waals surface area (Å²) in [5.41, 5.74) is 2.35. The standard InChI is InChI=1S/C14H20F3NO/c1-5-18-12(8-14(15,16)17)11-6-9(2)13(19-4)10(3)7-11/h6-7,12,18H,5,8H2,1-4H3. The summed E-state index contributed by atoms with van der Waals surface area (Å²) >= 11 is 0. The summed E-state index contributed by atoms with van der Waals surface area (Å²) < 4.78 is 43.0. The van der Waals surface area contributed by atoms with Gasteiger partial charge in [-0.25, -0.2) is 0 Å². The lowest BCUT2D eigenvalue weighted by Crippen LogP contribution is -2.26. The summed E-state index contributed by atoms with van der Waals surface area (Å²) in [6, 6.07) is 2.80. The maximum absolute atomic E-state index is 12.6. The van der Waals surface area contributed by atoms with Crippen LogP contribution in [0.5, 0.6) is 5.75 Å². The van der Waals surface area contributed by atoms with Crippen molar-refractivity contribution < 1.29 is 17.9 Å². The molecule has 0 saturated carbocycles. The predicted octanol–water partition coefficient (Wildman–Crippen LogP) is 3.92. The molecule has 19 heavy (non-hydrogen) atoms. The Hall–Kier alpha value is -1.23. The third-order valence-corrected chi connectivity index (χ3v) is 2.98. The highest BCUT2D eigenvalue weighted by molar-refractivity contribution is 5.44. The van der Waals surface area contributed by atoms with E-state index in [1.807, 2.05) is 13.8 Å². The Morgan fingerprint density at radius 3 is 2.11 bits per heavy atom. The van der Waals surface area contributed by atoms with E-state index in [1.165, 1.54) is 0 Å². The number of ether oxygens (including phenoxy) is 1. The first-order valence-corrected chi connectivity index (χ1v) is 6.23. The summed E-state index contributed by atoms with van der Waals surface area (Å²) in [6.07, 6.45) is -5.05. The number of alkyl halides is 3. The van der Waals surface area contributed by atoms with Crippen LogP contribution in [0.15, 0.2) is 12.1 Å². The SMILES string of the molecule is CCNC(CC(F)(F)F)c1cc(C)c(OC)c(C)c1. The number of halogens is 3. The van der Waals surface area contributed by atoms with E-state index < -0.39 is 18.6 Å². The molecule has 2 nitrogen and oxygen atoms in total. The number of hydrogen-bond acceptors (Lipinski definition) is 2. The van der Waals surface area contributed by atoms with Crippen molar-refractivity contribution >= 4 is 0 Å². The second-order valence-electron chi connectivity index (χ2n) is 4.62. The summed E-state index contributed by atoms with van der Waals surface area (Å²) in [5, 5.41) is 2.89. The topological polar surface area (TPSA) is 21.3 Å². The minimum atomic E-state index is -4.19. The van der Waals surface area contributed by atoms with Crippen molar-refractivity contribution in [2.24, 2.45) is 0 Å². The van der Waals surface area contributed by atoms with Crippen LogP contribution < -0.4 is 10.1 Å². The van der Waals surface area contributed by atoms with Gasteiger partial charge in [-0.3, -0.25) is 0 Å². The fourth-order valence-electron chi connectivity index (χ4n) is 2.29. The predicted molar refractivity (Wildman–Crippen MR) is 69.6 cm³/mol. The number of aryl methyl sites for hydroxylation is 2. The monoisotopic (exact) mass is 275 g/mol. The van der Waals surface area contributed by atoms with Crippen LogP contribution in [0.25, 0.3) is 0 Å². The summed E-state index contributed by atoms with van der Waals surface area (Å²) in [7, 11) is 1.56. The van der Waals surface area contributed by atoms with E-state index in [0.717, 1.165) is 16.9 Å². The number of rotatable bonds is 5. The Bertz CT molecular complexity index is 406. The molecule has 0 heterocycles. The Morgan fingerprint density at radius 1 is 1.21 bits per heavy atom. The van der Waals surface area contributed by atoms with Crippen LogP contribution >= 0.6 is 0 Å². The van der Waals surface area contributed by atoms with E-state index in [2.05, 4.69) is 5.32 Å². The van der Waals surface area contributed by atoms with E-state index in [0.29, 0.717) is 12.1 Å². The molecule has 1 aromatic rings. The molecule has 0 fully saturated rings. The summed E-state index contributed by atoms with van der Waals surface area (Å²) in [4.78, 5) is 0. The number of nitrogens with one attached hydrogen (secondary N) is 1. The summed E-state index contributed by atoms with van der Waals surface area (Å²) in [6.45, 7) is 5.97. The first-order valence-electron chi connectivity index (χ1n) is 6.23. The lowest BCUT2D eigenvalue weighted by atomic mass is 9.98. The molecule has 0 aliphatic carbocycles. The van der Waals surface area contributed by atoms with Gasteiger partial charge in [-0.05, 0) is 37.1 Å². The van der Waals surface area contributed by atoms with Crippen molar-refractivity contribution in [3.63, 3.8) is 0 Å². The quantitative estimate of drug-likeness (QED) is 0.879. The van der Waals surface area contributed by atoms with E-state index in [-0.39, 0.29) is 0 Å². The van der Waals surface area contributed by atoms with E-state index in [1.54, 1.807) is 26.2 Å². The van der Waals surface area contributed by atoms with Gasteiger partial charge in [-0.2, -0.15) is 13.2 Å². The summed E-state index contributed by atoms with van der Waals surface area (Å²) in [5.74, 6) is 0.728. The Labute approximate surface area is 112 Å². The van der Waals surface area contributed by atoms with E-state index in [9.17, 15) is 13.2 Å². The minimum absolute atomic E-state index is 0.491. The van der Waals surface area contributed by atoms with Gasteiger partial charge in [0.05, 0.1) is 13.5 Å². The van der Waals surface area contributed by atoms with Crippen molar-refractivity contribution in [1.82, 2.24) is 5.32 Å². The second kappa shape index (κ2) is 6.28. The zero-order valence-corrected chi connectivity index (χ0v) is 11.7. The lowest BCUT2D eigenvalue weighted by Gasteiger charge is -2.22. The average Bonchev–Trinajstić information content (AvgIpc) is 2.26. The normalized spacial score (nSPS) is 13.4. The van der Waals surface area contributed by atoms with Crippen LogP contribution in [0, 0.1) is 13.8 Å². The van der Waals surface area contributed by atoms with Gasteiger partial charge >= 0.3 is 6.18 Å². The van der Waals surface area contributed by atoms with Gasteiger partial charge in [-0.1, -0.05) is 19.1 Å². The molecular weight excluding hydrogens is 255 g/mol. The first kappa shape index (κ1) is 15.8. The van der Waals surface area contributed by atoms with Crippen LogP contribution in [0.3, 0.4) is 0 Å². The smallest absolute Gasteiger partial charge is 0.390 e. The Balaban J connectivity index is 3.09. The lowest BCUT2D eigenvalue weighted by molar-refractivity contribution is -0.140. The molecule has 5 heteroatoms. The zero-order chi connectivity index (χ0) is 14.6. The molecule has 1 aromatic carbocycles. The van der Waals surface area contributed by atoms with Crippen molar-refractivity contribution in [3.05, 3.63) is 28.8 Å².